The topological polar surface area (TPSA) is 59.0 Å². The molecule has 2 aromatic rings. The van der Waals surface area contributed by atoms with Crippen molar-refractivity contribution in [1.29, 1.82) is 0 Å². The van der Waals surface area contributed by atoms with Crippen molar-refractivity contribution in [2.75, 3.05) is 5.75 Å². The van der Waals surface area contributed by atoms with Crippen LogP contribution in [0.4, 0.5) is 0 Å². The third-order valence-electron chi connectivity index (χ3n) is 3.10. The van der Waals surface area contributed by atoms with E-state index in [1.807, 2.05) is 30.2 Å². The molecule has 1 fully saturated rings. The van der Waals surface area contributed by atoms with Gasteiger partial charge in [-0.05, 0) is 13.0 Å². The van der Waals surface area contributed by atoms with Crippen molar-refractivity contribution in [2.45, 2.75) is 18.8 Å². The summed E-state index contributed by atoms with van der Waals surface area (Å²) in [4.78, 5) is 26.6. The molecule has 6 heteroatoms. The number of pyridine rings is 1. The van der Waals surface area contributed by atoms with Crippen LogP contribution in [0.1, 0.15) is 22.3 Å². The van der Waals surface area contributed by atoms with Crippen LogP contribution in [0.3, 0.4) is 0 Å². The first-order valence-electron chi connectivity index (χ1n) is 6.32. The average molecular weight is 286 g/mol. The molecule has 1 amide bonds. The minimum Gasteiger partial charge on any atom is -0.320 e. The second-order valence-electron chi connectivity index (χ2n) is 4.62. The van der Waals surface area contributed by atoms with Crippen LogP contribution in [0.5, 0.6) is 0 Å². The molecule has 0 N–H and O–H groups in total. The Balaban J connectivity index is 1.82. The summed E-state index contributed by atoms with van der Waals surface area (Å²) in [6.45, 7) is 2.38. The molecule has 0 saturated carbocycles. The van der Waals surface area contributed by atoms with Gasteiger partial charge in [0.05, 0.1) is 29.9 Å². The maximum Gasteiger partial charge on any atom is 0.234 e. The van der Waals surface area contributed by atoms with Crippen molar-refractivity contribution < 1.29 is 4.79 Å². The lowest BCUT2D eigenvalue weighted by atomic mass is 10.2. The lowest BCUT2D eigenvalue weighted by Gasteiger charge is -2.23. The fraction of sp³-hybridized carbons (Fsp3) is 0.286. The SMILES string of the molecule is Cc1cnc(CN2C(=O)CSC2c2cccnc2)cn1. The van der Waals surface area contributed by atoms with Gasteiger partial charge in [0, 0.05) is 24.2 Å². The van der Waals surface area contributed by atoms with Crippen molar-refractivity contribution in [3.8, 4) is 0 Å². The van der Waals surface area contributed by atoms with Crippen LogP contribution in [0.25, 0.3) is 0 Å². The normalized spacial score (nSPS) is 18.6. The molecule has 0 aromatic carbocycles. The van der Waals surface area contributed by atoms with Gasteiger partial charge in [0.15, 0.2) is 0 Å². The Bertz CT molecular complexity index is 602. The highest BCUT2D eigenvalue weighted by Crippen LogP contribution is 2.38. The zero-order valence-corrected chi connectivity index (χ0v) is 11.9. The molecule has 0 bridgehead atoms. The summed E-state index contributed by atoms with van der Waals surface area (Å²) in [5.41, 5.74) is 2.73. The van der Waals surface area contributed by atoms with Gasteiger partial charge in [-0.25, -0.2) is 0 Å². The van der Waals surface area contributed by atoms with E-state index in [0.29, 0.717) is 12.3 Å². The number of hydrogen-bond acceptors (Lipinski definition) is 5. The lowest BCUT2D eigenvalue weighted by Crippen LogP contribution is -2.28. The fourth-order valence-electron chi connectivity index (χ4n) is 2.10. The number of aromatic nitrogens is 3. The molecule has 1 atom stereocenters. The molecule has 20 heavy (non-hydrogen) atoms. The van der Waals surface area contributed by atoms with Crippen LogP contribution >= 0.6 is 11.8 Å². The van der Waals surface area contributed by atoms with Gasteiger partial charge >= 0.3 is 0 Å². The predicted molar refractivity (Wildman–Crippen MR) is 76.8 cm³/mol. The van der Waals surface area contributed by atoms with Gasteiger partial charge in [0.2, 0.25) is 5.91 Å². The van der Waals surface area contributed by atoms with Gasteiger partial charge in [-0.15, -0.1) is 11.8 Å². The molecule has 3 heterocycles. The highest BCUT2D eigenvalue weighted by molar-refractivity contribution is 8.00. The van der Waals surface area contributed by atoms with Gasteiger partial charge < -0.3 is 4.90 Å². The number of nitrogens with zero attached hydrogens (tertiary/aromatic N) is 4. The van der Waals surface area contributed by atoms with Gasteiger partial charge in [-0.2, -0.15) is 0 Å². The summed E-state index contributed by atoms with van der Waals surface area (Å²) in [6, 6.07) is 3.89. The first-order valence-corrected chi connectivity index (χ1v) is 7.37. The molecule has 5 nitrogen and oxygen atoms in total. The fourth-order valence-corrected chi connectivity index (χ4v) is 3.27. The number of carbonyl (C=O) groups excluding carboxylic acids is 1. The van der Waals surface area contributed by atoms with Crippen LogP contribution < -0.4 is 0 Å². The quantitative estimate of drug-likeness (QED) is 0.863. The van der Waals surface area contributed by atoms with E-state index in [-0.39, 0.29) is 11.3 Å². The first-order chi connectivity index (χ1) is 9.74. The van der Waals surface area contributed by atoms with E-state index in [2.05, 4.69) is 15.0 Å². The Morgan fingerprint density at radius 1 is 1.35 bits per heavy atom. The molecule has 2 aromatic heterocycles. The number of aryl methyl sites for hydroxylation is 1. The molecule has 1 aliphatic heterocycles. The number of amides is 1. The molecule has 1 saturated heterocycles. The Kier molecular flexibility index (Phi) is 3.64. The van der Waals surface area contributed by atoms with Gasteiger partial charge in [-0.1, -0.05) is 6.07 Å². The molecular formula is C14H14N4OS. The van der Waals surface area contributed by atoms with Gasteiger partial charge in [0.1, 0.15) is 5.37 Å². The zero-order chi connectivity index (χ0) is 13.9. The highest BCUT2D eigenvalue weighted by atomic mass is 32.2. The average Bonchev–Trinajstić information content (AvgIpc) is 2.84. The molecular weight excluding hydrogens is 272 g/mol. The lowest BCUT2D eigenvalue weighted by molar-refractivity contribution is -0.128. The summed E-state index contributed by atoms with van der Waals surface area (Å²) in [5.74, 6) is 0.630. The van der Waals surface area contributed by atoms with E-state index in [9.17, 15) is 4.79 Å². The van der Waals surface area contributed by atoms with Crippen molar-refractivity contribution in [3.63, 3.8) is 0 Å². The largest absolute Gasteiger partial charge is 0.320 e. The maximum atomic E-state index is 12.1. The molecule has 0 radical (unpaired) electrons. The van der Waals surface area contributed by atoms with Crippen LogP contribution in [-0.2, 0) is 11.3 Å². The molecule has 1 aliphatic rings. The summed E-state index contributed by atoms with van der Waals surface area (Å²) < 4.78 is 0. The van der Waals surface area contributed by atoms with Crippen molar-refractivity contribution in [2.24, 2.45) is 0 Å². The standard InChI is InChI=1S/C14H14N4OS/c1-10-5-17-12(7-16-10)8-18-13(19)9-20-14(18)11-3-2-4-15-6-11/h2-7,14H,8-9H2,1H3. The predicted octanol–water partition coefficient (Wildman–Crippen LogP) is 1.95. The van der Waals surface area contributed by atoms with Crippen LogP contribution in [0.15, 0.2) is 36.9 Å². The number of thioether (sulfide) groups is 1. The molecule has 102 valence electrons. The molecule has 0 aliphatic carbocycles. The van der Waals surface area contributed by atoms with Gasteiger partial charge in [0.25, 0.3) is 0 Å². The van der Waals surface area contributed by atoms with E-state index in [1.54, 1.807) is 30.4 Å². The zero-order valence-electron chi connectivity index (χ0n) is 11.1. The van der Waals surface area contributed by atoms with E-state index in [1.165, 1.54) is 0 Å². The van der Waals surface area contributed by atoms with E-state index >= 15 is 0 Å². The van der Waals surface area contributed by atoms with Gasteiger partial charge in [-0.3, -0.25) is 19.7 Å². The second-order valence-corrected chi connectivity index (χ2v) is 5.69. The smallest absolute Gasteiger partial charge is 0.234 e. The van der Waals surface area contributed by atoms with Crippen molar-refractivity contribution in [3.05, 3.63) is 53.9 Å². The Morgan fingerprint density at radius 3 is 2.95 bits per heavy atom. The molecule has 0 spiro atoms. The summed E-state index contributed by atoms with van der Waals surface area (Å²) >= 11 is 1.62. The monoisotopic (exact) mass is 286 g/mol. The van der Waals surface area contributed by atoms with E-state index in [4.69, 9.17) is 0 Å². The number of rotatable bonds is 3. The number of carbonyl (C=O) groups is 1. The van der Waals surface area contributed by atoms with Crippen LogP contribution in [0, 0.1) is 6.92 Å². The summed E-state index contributed by atoms with van der Waals surface area (Å²) in [5, 5.41) is 0.0132. The highest BCUT2D eigenvalue weighted by Gasteiger charge is 2.33. The molecule has 3 rings (SSSR count). The molecule has 1 unspecified atom stereocenters. The summed E-state index contributed by atoms with van der Waals surface area (Å²) in [7, 11) is 0. The Hall–Kier alpha value is -1.95. The third-order valence-corrected chi connectivity index (χ3v) is 4.36. The van der Waals surface area contributed by atoms with Crippen molar-refractivity contribution in [1.82, 2.24) is 19.9 Å². The Morgan fingerprint density at radius 2 is 2.25 bits per heavy atom. The maximum absolute atomic E-state index is 12.1. The first kappa shape index (κ1) is 13.1. The van der Waals surface area contributed by atoms with Crippen LogP contribution in [0.2, 0.25) is 0 Å². The number of hydrogen-bond donors (Lipinski definition) is 0. The third kappa shape index (κ3) is 2.65. The second kappa shape index (κ2) is 5.58. The van der Waals surface area contributed by atoms with Crippen molar-refractivity contribution >= 4 is 17.7 Å². The minimum atomic E-state index is 0.0132. The van der Waals surface area contributed by atoms with E-state index in [0.717, 1.165) is 17.0 Å². The minimum absolute atomic E-state index is 0.0132. The summed E-state index contributed by atoms with van der Waals surface area (Å²) in [6.07, 6.45) is 7.00. The Labute approximate surface area is 121 Å². The van der Waals surface area contributed by atoms with E-state index < -0.39 is 0 Å². The van der Waals surface area contributed by atoms with Crippen LogP contribution in [-0.4, -0.2) is 31.5 Å².